The number of hydrogen-bond donors (Lipinski definition) is 0. The van der Waals surface area contributed by atoms with E-state index in [9.17, 15) is 4.79 Å². The zero-order chi connectivity index (χ0) is 15.4. The summed E-state index contributed by atoms with van der Waals surface area (Å²) in [6.07, 6.45) is 2.32. The Balaban J connectivity index is 0.00000192. The quantitative estimate of drug-likeness (QED) is 0.832. The highest BCUT2D eigenvalue weighted by atomic mass is 35.5. The predicted molar refractivity (Wildman–Crippen MR) is 89.3 cm³/mol. The summed E-state index contributed by atoms with van der Waals surface area (Å²) in [5, 5.41) is 4.05. The van der Waals surface area contributed by atoms with Gasteiger partial charge in [0, 0.05) is 25.4 Å². The second kappa shape index (κ2) is 7.99. The van der Waals surface area contributed by atoms with Gasteiger partial charge in [-0.2, -0.15) is 5.10 Å². The molecular formula is C16H20ClN3O3. The van der Waals surface area contributed by atoms with Gasteiger partial charge in [-0.05, 0) is 31.7 Å². The van der Waals surface area contributed by atoms with Gasteiger partial charge in [-0.15, -0.1) is 12.4 Å². The van der Waals surface area contributed by atoms with Crippen LogP contribution in [0.25, 0.3) is 0 Å². The van der Waals surface area contributed by atoms with E-state index < -0.39 is 0 Å². The number of aryl methyl sites for hydroxylation is 1. The molecule has 0 N–H and O–H groups in total. The van der Waals surface area contributed by atoms with Crippen LogP contribution in [0.15, 0.2) is 47.4 Å². The lowest BCUT2D eigenvalue weighted by molar-refractivity contribution is -0.0161. The molecular weight excluding hydrogens is 318 g/mol. The van der Waals surface area contributed by atoms with Crippen molar-refractivity contribution in [3.05, 3.63) is 52.9 Å². The Labute approximate surface area is 141 Å². The summed E-state index contributed by atoms with van der Waals surface area (Å²) in [6, 6.07) is 10.8. The standard InChI is InChI=1S/C16H19N3O3.ClH/c1-18(10-5-11-19-15(20)8-4-9-17-19)16-12-21-13-6-2-3-7-14(13)22-16;/h2-4,6-9,16H,5,10-12H2,1H3;1H/t16-;/m0./s1. The summed E-state index contributed by atoms with van der Waals surface area (Å²) < 4.78 is 13.1. The normalized spacial score (nSPS) is 16.0. The number of benzene rings is 1. The lowest BCUT2D eigenvalue weighted by Gasteiger charge is -2.32. The Kier molecular flexibility index (Phi) is 6.01. The average Bonchev–Trinajstić information content (AvgIpc) is 2.56. The first kappa shape index (κ1) is 17.3. The van der Waals surface area contributed by atoms with Crippen molar-refractivity contribution in [1.82, 2.24) is 14.7 Å². The number of para-hydroxylation sites is 2. The summed E-state index contributed by atoms with van der Waals surface area (Å²) in [6.45, 7) is 1.88. The van der Waals surface area contributed by atoms with E-state index in [2.05, 4.69) is 10.00 Å². The largest absolute Gasteiger partial charge is 0.484 e. The maximum Gasteiger partial charge on any atom is 0.266 e. The second-order valence-corrected chi connectivity index (χ2v) is 5.25. The van der Waals surface area contributed by atoms with E-state index in [4.69, 9.17) is 9.47 Å². The molecule has 23 heavy (non-hydrogen) atoms. The molecule has 124 valence electrons. The van der Waals surface area contributed by atoms with Gasteiger partial charge in [-0.3, -0.25) is 9.69 Å². The zero-order valence-electron chi connectivity index (χ0n) is 12.9. The van der Waals surface area contributed by atoms with E-state index in [0.717, 1.165) is 24.5 Å². The summed E-state index contributed by atoms with van der Waals surface area (Å²) in [4.78, 5) is 13.7. The number of aromatic nitrogens is 2. The molecule has 0 saturated heterocycles. The molecule has 1 aromatic carbocycles. The molecule has 0 saturated carbocycles. The topological polar surface area (TPSA) is 56.6 Å². The molecule has 1 atom stereocenters. The monoisotopic (exact) mass is 337 g/mol. The number of likely N-dealkylation sites (N-methyl/N-ethyl adjacent to an activating group) is 1. The molecule has 0 aliphatic carbocycles. The average molecular weight is 338 g/mol. The Morgan fingerprint density at radius 3 is 2.83 bits per heavy atom. The number of ether oxygens (including phenoxy) is 2. The Bertz CT molecular complexity index is 692. The summed E-state index contributed by atoms with van der Waals surface area (Å²) in [7, 11) is 1.99. The molecule has 0 unspecified atom stereocenters. The summed E-state index contributed by atoms with van der Waals surface area (Å²) >= 11 is 0. The van der Waals surface area contributed by atoms with E-state index >= 15 is 0 Å². The van der Waals surface area contributed by atoms with Crippen LogP contribution >= 0.6 is 12.4 Å². The molecule has 6 nitrogen and oxygen atoms in total. The van der Waals surface area contributed by atoms with E-state index in [1.807, 2.05) is 31.3 Å². The second-order valence-electron chi connectivity index (χ2n) is 5.25. The SMILES string of the molecule is CN(CCCn1ncccc1=O)[C@@H]1COc2ccccc2O1.Cl. The first-order valence-corrected chi connectivity index (χ1v) is 7.35. The molecule has 0 radical (unpaired) electrons. The van der Waals surface area contributed by atoms with Crippen LogP contribution in [0.4, 0.5) is 0 Å². The molecule has 2 heterocycles. The molecule has 1 aliphatic rings. The Morgan fingerprint density at radius 2 is 2.04 bits per heavy atom. The first-order valence-electron chi connectivity index (χ1n) is 7.35. The van der Waals surface area contributed by atoms with Gasteiger partial charge in [0.05, 0.1) is 0 Å². The van der Waals surface area contributed by atoms with Crippen LogP contribution < -0.4 is 15.0 Å². The van der Waals surface area contributed by atoms with Gasteiger partial charge in [-0.1, -0.05) is 12.1 Å². The third-order valence-corrected chi connectivity index (χ3v) is 3.65. The highest BCUT2D eigenvalue weighted by molar-refractivity contribution is 5.85. The van der Waals surface area contributed by atoms with Crippen LogP contribution in [-0.4, -0.2) is 41.1 Å². The van der Waals surface area contributed by atoms with Gasteiger partial charge in [0.15, 0.2) is 17.7 Å². The zero-order valence-corrected chi connectivity index (χ0v) is 13.7. The Morgan fingerprint density at radius 1 is 1.26 bits per heavy atom. The Hall–Kier alpha value is -2.05. The number of nitrogens with zero attached hydrogens (tertiary/aromatic N) is 3. The highest BCUT2D eigenvalue weighted by Gasteiger charge is 2.23. The highest BCUT2D eigenvalue weighted by Crippen LogP contribution is 2.31. The van der Waals surface area contributed by atoms with Crippen molar-refractivity contribution < 1.29 is 9.47 Å². The molecule has 1 aliphatic heterocycles. The van der Waals surface area contributed by atoms with Crippen LogP contribution in [-0.2, 0) is 6.54 Å². The third kappa shape index (κ3) is 4.24. The minimum Gasteiger partial charge on any atom is -0.484 e. The van der Waals surface area contributed by atoms with Crippen molar-refractivity contribution >= 4 is 12.4 Å². The fourth-order valence-electron chi connectivity index (χ4n) is 2.39. The molecule has 1 aromatic heterocycles. The van der Waals surface area contributed by atoms with Crippen LogP contribution in [0.5, 0.6) is 11.5 Å². The van der Waals surface area contributed by atoms with E-state index in [0.29, 0.717) is 13.2 Å². The fraction of sp³-hybridized carbons (Fsp3) is 0.375. The number of fused-ring (bicyclic) bond motifs is 1. The van der Waals surface area contributed by atoms with Gasteiger partial charge in [0.1, 0.15) is 6.61 Å². The van der Waals surface area contributed by atoms with Crippen molar-refractivity contribution in [2.24, 2.45) is 0 Å². The molecule has 0 fully saturated rings. The smallest absolute Gasteiger partial charge is 0.266 e. The maximum absolute atomic E-state index is 11.6. The predicted octanol–water partition coefficient (Wildman–Crippen LogP) is 1.78. The van der Waals surface area contributed by atoms with Gasteiger partial charge in [-0.25, -0.2) is 4.68 Å². The fourth-order valence-corrected chi connectivity index (χ4v) is 2.39. The van der Waals surface area contributed by atoms with Crippen LogP contribution in [0.1, 0.15) is 6.42 Å². The maximum atomic E-state index is 11.6. The van der Waals surface area contributed by atoms with Crippen LogP contribution in [0.2, 0.25) is 0 Å². The summed E-state index contributed by atoms with van der Waals surface area (Å²) in [5.41, 5.74) is -0.0728. The van der Waals surface area contributed by atoms with E-state index in [-0.39, 0.29) is 24.2 Å². The lowest BCUT2D eigenvalue weighted by Crippen LogP contribution is -2.44. The number of rotatable bonds is 5. The van der Waals surface area contributed by atoms with Crippen molar-refractivity contribution in [3.63, 3.8) is 0 Å². The van der Waals surface area contributed by atoms with E-state index in [1.54, 1.807) is 12.3 Å². The van der Waals surface area contributed by atoms with Crippen molar-refractivity contribution in [2.75, 3.05) is 20.2 Å². The first-order chi connectivity index (χ1) is 10.7. The minimum absolute atomic E-state index is 0. The minimum atomic E-state index is -0.115. The van der Waals surface area contributed by atoms with Crippen LogP contribution in [0.3, 0.4) is 0 Å². The molecule has 2 aromatic rings. The van der Waals surface area contributed by atoms with Gasteiger partial charge >= 0.3 is 0 Å². The molecule has 7 heteroatoms. The molecule has 0 amide bonds. The molecule has 3 rings (SSSR count). The number of hydrogen-bond acceptors (Lipinski definition) is 5. The molecule has 0 bridgehead atoms. The summed E-state index contributed by atoms with van der Waals surface area (Å²) in [5.74, 6) is 1.55. The van der Waals surface area contributed by atoms with Gasteiger partial charge in [0.2, 0.25) is 0 Å². The van der Waals surface area contributed by atoms with Crippen LogP contribution in [0, 0.1) is 0 Å². The van der Waals surface area contributed by atoms with Crippen molar-refractivity contribution in [2.45, 2.75) is 19.2 Å². The van der Waals surface area contributed by atoms with Crippen molar-refractivity contribution in [1.29, 1.82) is 0 Å². The lowest BCUT2D eigenvalue weighted by atomic mass is 10.3. The van der Waals surface area contributed by atoms with E-state index in [1.165, 1.54) is 10.7 Å². The molecule has 0 spiro atoms. The number of halogens is 1. The van der Waals surface area contributed by atoms with Crippen molar-refractivity contribution in [3.8, 4) is 11.5 Å². The van der Waals surface area contributed by atoms with Gasteiger partial charge < -0.3 is 9.47 Å². The third-order valence-electron chi connectivity index (χ3n) is 3.65. The van der Waals surface area contributed by atoms with Gasteiger partial charge in [0.25, 0.3) is 5.56 Å².